The first-order valence-electron chi connectivity index (χ1n) is 6.76. The van der Waals surface area contributed by atoms with Crippen molar-refractivity contribution in [1.82, 2.24) is 4.98 Å². The molecule has 20 heavy (non-hydrogen) atoms. The lowest BCUT2D eigenvalue weighted by Gasteiger charge is -2.36. The zero-order valence-electron chi connectivity index (χ0n) is 11.2. The first kappa shape index (κ1) is 13.4. The molecule has 0 atom stereocenters. The first-order valence-corrected chi connectivity index (χ1v) is 7.14. The molecule has 1 fully saturated rings. The second-order valence-corrected chi connectivity index (χ2v) is 5.75. The number of nitrogens with zero attached hydrogens (tertiary/aromatic N) is 1. The van der Waals surface area contributed by atoms with Crippen LogP contribution in [0.5, 0.6) is 0 Å². The predicted molar refractivity (Wildman–Crippen MR) is 79.8 cm³/mol. The van der Waals surface area contributed by atoms with E-state index in [1.54, 1.807) is 18.3 Å². The van der Waals surface area contributed by atoms with Crippen molar-refractivity contribution in [2.75, 3.05) is 5.32 Å². The monoisotopic (exact) mass is 290 g/mol. The van der Waals surface area contributed by atoms with E-state index in [2.05, 4.69) is 10.3 Å². The van der Waals surface area contributed by atoms with Gasteiger partial charge in [0.05, 0.1) is 11.9 Å². The predicted octanol–water partition coefficient (Wildman–Crippen LogP) is 4.54. The van der Waals surface area contributed by atoms with Crippen molar-refractivity contribution in [3.8, 4) is 0 Å². The fourth-order valence-corrected chi connectivity index (χ4v) is 2.74. The highest BCUT2D eigenvalue weighted by Crippen LogP contribution is 2.38. The average Bonchev–Trinajstić information content (AvgIpc) is 2.37. The van der Waals surface area contributed by atoms with Gasteiger partial charge in [0.2, 0.25) is 0 Å². The molecule has 1 aromatic carbocycles. The number of aryl methyl sites for hydroxylation is 1. The highest BCUT2D eigenvalue weighted by Gasteiger charge is 2.30. The minimum absolute atomic E-state index is 0.156. The maximum atomic E-state index is 13.2. The quantitative estimate of drug-likeness (QED) is 0.840. The maximum Gasteiger partial charge on any atom is 0.132 e. The molecule has 0 aliphatic heterocycles. The summed E-state index contributed by atoms with van der Waals surface area (Å²) in [4.78, 5) is 4.13. The third-order valence-electron chi connectivity index (χ3n) is 3.84. The van der Waals surface area contributed by atoms with Crippen LogP contribution in [-0.2, 0) is 0 Å². The number of rotatable bonds is 3. The molecule has 1 aromatic heterocycles. The minimum Gasteiger partial charge on any atom is -0.381 e. The summed E-state index contributed by atoms with van der Waals surface area (Å²) in [5, 5.41) is 3.99. The molecule has 2 nitrogen and oxygen atoms in total. The molecule has 0 amide bonds. The highest BCUT2D eigenvalue weighted by molar-refractivity contribution is 6.30. The van der Waals surface area contributed by atoms with Crippen molar-refractivity contribution in [2.24, 2.45) is 0 Å². The molecule has 0 spiro atoms. The van der Waals surface area contributed by atoms with Crippen molar-refractivity contribution in [3.05, 3.63) is 58.6 Å². The lowest BCUT2D eigenvalue weighted by Crippen LogP contribution is -2.34. The van der Waals surface area contributed by atoms with Crippen LogP contribution in [0.15, 0.2) is 36.5 Å². The third-order valence-corrected chi connectivity index (χ3v) is 4.24. The summed E-state index contributed by atoms with van der Waals surface area (Å²) in [5.74, 6) is 0.293. The smallest absolute Gasteiger partial charge is 0.132 e. The Labute approximate surface area is 123 Å². The van der Waals surface area contributed by atoms with Gasteiger partial charge in [-0.1, -0.05) is 23.7 Å². The normalized spacial score (nSPS) is 21.4. The highest BCUT2D eigenvalue weighted by atomic mass is 35.5. The summed E-state index contributed by atoms with van der Waals surface area (Å²) in [6.45, 7) is 1.94. The Hall–Kier alpha value is -1.61. The van der Waals surface area contributed by atoms with E-state index in [4.69, 9.17) is 11.6 Å². The van der Waals surface area contributed by atoms with Gasteiger partial charge in [0.1, 0.15) is 11.0 Å². The molecule has 104 valence electrons. The maximum absolute atomic E-state index is 13.2. The van der Waals surface area contributed by atoms with Gasteiger partial charge in [-0.05, 0) is 55.0 Å². The third kappa shape index (κ3) is 2.78. The van der Waals surface area contributed by atoms with Gasteiger partial charge < -0.3 is 5.32 Å². The molecular formula is C16H16ClFN2. The van der Waals surface area contributed by atoms with Gasteiger partial charge in [-0.15, -0.1) is 0 Å². The summed E-state index contributed by atoms with van der Waals surface area (Å²) < 4.78 is 13.2. The van der Waals surface area contributed by atoms with E-state index in [1.165, 1.54) is 6.07 Å². The Morgan fingerprint density at radius 2 is 2.10 bits per heavy atom. The molecule has 0 unspecified atom stereocenters. The molecule has 1 saturated carbocycles. The molecule has 1 aliphatic rings. The standard InChI is InChI=1S/C16H16ClFN2/c1-10-5-15(9-19-16(10)17)20-14-7-12(8-14)11-3-2-4-13(18)6-11/h2-6,9,12,14,20H,7-8H2,1H3. The van der Waals surface area contributed by atoms with Gasteiger partial charge in [0, 0.05) is 6.04 Å². The Balaban J connectivity index is 1.59. The average molecular weight is 291 g/mol. The topological polar surface area (TPSA) is 24.9 Å². The van der Waals surface area contributed by atoms with Crippen LogP contribution in [0.1, 0.15) is 29.9 Å². The Kier molecular flexibility index (Phi) is 3.62. The molecule has 3 rings (SSSR count). The number of pyridine rings is 1. The van der Waals surface area contributed by atoms with Crippen LogP contribution < -0.4 is 5.32 Å². The molecule has 0 saturated heterocycles. The van der Waals surface area contributed by atoms with Crippen LogP contribution in [0.4, 0.5) is 10.1 Å². The molecule has 1 aliphatic carbocycles. The number of nitrogens with one attached hydrogen (secondary N) is 1. The van der Waals surface area contributed by atoms with Gasteiger partial charge in [0.25, 0.3) is 0 Å². The number of aromatic nitrogens is 1. The second-order valence-electron chi connectivity index (χ2n) is 5.40. The zero-order valence-corrected chi connectivity index (χ0v) is 12.0. The van der Waals surface area contributed by atoms with Gasteiger partial charge in [-0.3, -0.25) is 0 Å². The van der Waals surface area contributed by atoms with Crippen LogP contribution in [-0.4, -0.2) is 11.0 Å². The summed E-state index contributed by atoms with van der Waals surface area (Å²) in [6.07, 6.45) is 3.79. The van der Waals surface area contributed by atoms with E-state index >= 15 is 0 Å². The van der Waals surface area contributed by atoms with E-state index in [0.717, 1.165) is 29.7 Å². The van der Waals surface area contributed by atoms with Gasteiger partial charge in [0.15, 0.2) is 0 Å². The number of benzene rings is 1. The lowest BCUT2D eigenvalue weighted by molar-refractivity contribution is 0.373. The molecule has 1 N–H and O–H groups in total. The minimum atomic E-state index is -0.156. The van der Waals surface area contributed by atoms with E-state index in [0.29, 0.717) is 17.1 Å². The number of hydrogen-bond acceptors (Lipinski definition) is 2. The molecule has 2 aromatic rings. The van der Waals surface area contributed by atoms with Crippen LogP contribution in [0.25, 0.3) is 0 Å². The first-order chi connectivity index (χ1) is 9.61. The molecule has 0 bridgehead atoms. The van der Waals surface area contributed by atoms with Gasteiger partial charge in [-0.25, -0.2) is 9.37 Å². The summed E-state index contributed by atoms with van der Waals surface area (Å²) >= 11 is 5.91. The fraction of sp³-hybridized carbons (Fsp3) is 0.312. The Bertz CT molecular complexity index is 624. The van der Waals surface area contributed by atoms with Crippen molar-refractivity contribution >= 4 is 17.3 Å². The summed E-state index contributed by atoms with van der Waals surface area (Å²) in [7, 11) is 0. The number of halogens is 2. The van der Waals surface area contributed by atoms with Crippen LogP contribution in [0.2, 0.25) is 5.15 Å². The van der Waals surface area contributed by atoms with Crippen molar-refractivity contribution in [1.29, 1.82) is 0 Å². The zero-order chi connectivity index (χ0) is 14.1. The SMILES string of the molecule is Cc1cc(NC2CC(c3cccc(F)c3)C2)cnc1Cl. The molecular weight excluding hydrogens is 275 g/mol. The van der Waals surface area contributed by atoms with Crippen molar-refractivity contribution in [2.45, 2.75) is 31.7 Å². The second kappa shape index (κ2) is 5.41. The number of anilines is 1. The van der Waals surface area contributed by atoms with E-state index in [1.807, 2.05) is 19.1 Å². The van der Waals surface area contributed by atoms with Crippen LogP contribution in [0, 0.1) is 12.7 Å². The molecule has 4 heteroatoms. The van der Waals surface area contributed by atoms with E-state index in [-0.39, 0.29) is 5.82 Å². The van der Waals surface area contributed by atoms with Crippen LogP contribution in [0.3, 0.4) is 0 Å². The fourth-order valence-electron chi connectivity index (χ4n) is 2.64. The lowest BCUT2D eigenvalue weighted by atomic mass is 9.76. The van der Waals surface area contributed by atoms with Crippen molar-refractivity contribution < 1.29 is 4.39 Å². The molecule has 0 radical (unpaired) electrons. The summed E-state index contributed by atoms with van der Waals surface area (Å²) in [5.41, 5.74) is 3.06. The Morgan fingerprint density at radius 1 is 1.30 bits per heavy atom. The summed E-state index contributed by atoms with van der Waals surface area (Å²) in [6, 6.07) is 9.32. The Morgan fingerprint density at radius 3 is 2.80 bits per heavy atom. The van der Waals surface area contributed by atoms with Crippen LogP contribution >= 0.6 is 11.6 Å². The van der Waals surface area contributed by atoms with E-state index < -0.39 is 0 Å². The molecule has 1 heterocycles. The number of hydrogen-bond donors (Lipinski definition) is 1. The van der Waals surface area contributed by atoms with Gasteiger partial charge >= 0.3 is 0 Å². The van der Waals surface area contributed by atoms with Crippen molar-refractivity contribution in [3.63, 3.8) is 0 Å². The largest absolute Gasteiger partial charge is 0.381 e. The van der Waals surface area contributed by atoms with Gasteiger partial charge in [-0.2, -0.15) is 0 Å². The van der Waals surface area contributed by atoms with E-state index in [9.17, 15) is 4.39 Å².